The number of hydrogen-bond donors (Lipinski definition) is 0. The van der Waals surface area contributed by atoms with E-state index >= 15 is 0 Å². The number of benzene rings is 2. The maximum absolute atomic E-state index is 13.4. The first kappa shape index (κ1) is 20.0. The molecule has 0 saturated heterocycles. The topological polar surface area (TPSA) is 23.1 Å². The van der Waals surface area contributed by atoms with E-state index in [1.807, 2.05) is 0 Å². The van der Waals surface area contributed by atoms with Crippen molar-refractivity contribution in [2.75, 3.05) is 0 Å². The molecule has 2 aromatic carbocycles. The van der Waals surface area contributed by atoms with E-state index in [2.05, 4.69) is 83.8 Å². The van der Waals surface area contributed by atoms with Crippen molar-refractivity contribution in [3.8, 4) is 0 Å². The van der Waals surface area contributed by atoms with Gasteiger partial charge in [-0.15, -0.1) is 0 Å². The normalized spacial score (nSPS) is 11.3. The summed E-state index contributed by atoms with van der Waals surface area (Å²) in [5, 5.41) is 0. The molecule has 0 radical (unpaired) electrons. The largest absolute Gasteiger partial charge is 0.606 e. The highest BCUT2D eigenvalue weighted by molar-refractivity contribution is 9.10. The van der Waals surface area contributed by atoms with Crippen LogP contribution in [0, 0.1) is 0 Å². The molecule has 0 amide bonds. The van der Waals surface area contributed by atoms with E-state index in [4.69, 9.17) is 0 Å². The highest BCUT2D eigenvalue weighted by Crippen LogP contribution is 2.34. The van der Waals surface area contributed by atoms with Crippen LogP contribution in [-0.2, 0) is 36.9 Å². The highest BCUT2D eigenvalue weighted by atomic mass is 79.9. The van der Waals surface area contributed by atoms with Crippen LogP contribution in [0.3, 0.4) is 0 Å². The third-order valence-corrected chi connectivity index (χ3v) is 7.42. The number of halogens is 2. The van der Waals surface area contributed by atoms with E-state index in [0.717, 1.165) is 55.5 Å². The van der Waals surface area contributed by atoms with Gasteiger partial charge in [0, 0.05) is 31.2 Å². The van der Waals surface area contributed by atoms with E-state index in [9.17, 15) is 4.55 Å². The van der Waals surface area contributed by atoms with Gasteiger partial charge in [0.25, 0.3) is 0 Å². The SMILES string of the molecule is CCc1cc([S+]([O-])c2cc(CC)c(Br)cc2CC)c(CC)cc1Br. The van der Waals surface area contributed by atoms with E-state index in [1.165, 1.54) is 11.1 Å². The van der Waals surface area contributed by atoms with E-state index in [-0.39, 0.29) is 0 Å². The highest BCUT2D eigenvalue weighted by Gasteiger charge is 2.24. The van der Waals surface area contributed by atoms with Crippen molar-refractivity contribution in [3.05, 3.63) is 55.5 Å². The zero-order chi connectivity index (χ0) is 17.9. The van der Waals surface area contributed by atoms with Gasteiger partial charge >= 0.3 is 0 Å². The number of aryl methyl sites for hydroxylation is 4. The summed E-state index contributed by atoms with van der Waals surface area (Å²) < 4.78 is 15.7. The average Bonchev–Trinajstić information content (AvgIpc) is 2.60. The molecule has 0 bridgehead atoms. The van der Waals surface area contributed by atoms with Gasteiger partial charge in [0.15, 0.2) is 9.79 Å². The summed E-state index contributed by atoms with van der Waals surface area (Å²) in [5.74, 6) is 0. The van der Waals surface area contributed by atoms with Crippen LogP contribution >= 0.6 is 31.9 Å². The zero-order valence-corrected chi connectivity index (χ0v) is 18.7. The Bertz CT molecular complexity index is 667. The Morgan fingerprint density at radius 3 is 1.29 bits per heavy atom. The predicted octanol–water partition coefficient (Wildman–Crippen LogP) is 6.63. The molecule has 0 unspecified atom stereocenters. The van der Waals surface area contributed by atoms with Crippen molar-refractivity contribution in [2.24, 2.45) is 0 Å². The van der Waals surface area contributed by atoms with Crippen LogP contribution in [0.15, 0.2) is 43.0 Å². The van der Waals surface area contributed by atoms with Crippen LogP contribution in [0.4, 0.5) is 0 Å². The van der Waals surface area contributed by atoms with Gasteiger partial charge in [-0.2, -0.15) is 0 Å². The molecule has 24 heavy (non-hydrogen) atoms. The maximum atomic E-state index is 13.4. The van der Waals surface area contributed by atoms with Gasteiger partial charge < -0.3 is 4.55 Å². The Morgan fingerprint density at radius 1 is 0.667 bits per heavy atom. The second-order valence-corrected chi connectivity index (χ2v) is 8.91. The lowest BCUT2D eigenvalue weighted by Crippen LogP contribution is -2.10. The first-order chi connectivity index (χ1) is 11.5. The predicted molar refractivity (Wildman–Crippen MR) is 110 cm³/mol. The van der Waals surface area contributed by atoms with Crippen molar-refractivity contribution in [2.45, 2.75) is 63.2 Å². The Labute approximate surface area is 165 Å². The fourth-order valence-corrected chi connectivity index (χ4v) is 5.79. The monoisotopic (exact) mass is 470 g/mol. The minimum atomic E-state index is -1.15. The summed E-state index contributed by atoms with van der Waals surface area (Å²) in [7, 11) is 0. The summed E-state index contributed by atoms with van der Waals surface area (Å²) in [5.41, 5.74) is 4.73. The van der Waals surface area contributed by atoms with Gasteiger partial charge in [-0.1, -0.05) is 59.6 Å². The Hall–Kier alpha value is -0.290. The smallest absolute Gasteiger partial charge is 0.161 e. The van der Waals surface area contributed by atoms with Gasteiger partial charge in [0.2, 0.25) is 0 Å². The molecular formula is C20H24Br2OS. The van der Waals surface area contributed by atoms with Crippen LogP contribution in [0.5, 0.6) is 0 Å². The van der Waals surface area contributed by atoms with Gasteiger partial charge in [-0.25, -0.2) is 0 Å². The lowest BCUT2D eigenvalue weighted by molar-refractivity contribution is 0.592. The van der Waals surface area contributed by atoms with E-state index in [1.54, 1.807) is 0 Å². The molecule has 0 aromatic heterocycles. The summed E-state index contributed by atoms with van der Waals surface area (Å²) >= 11 is 6.13. The molecule has 0 atom stereocenters. The van der Waals surface area contributed by atoms with Crippen molar-refractivity contribution in [1.82, 2.24) is 0 Å². The van der Waals surface area contributed by atoms with Crippen LogP contribution < -0.4 is 0 Å². The number of rotatable bonds is 6. The summed E-state index contributed by atoms with van der Waals surface area (Å²) in [6.45, 7) is 8.50. The molecule has 0 heterocycles. The van der Waals surface area contributed by atoms with Crippen LogP contribution in [0.25, 0.3) is 0 Å². The fraction of sp³-hybridized carbons (Fsp3) is 0.400. The molecule has 4 heteroatoms. The van der Waals surface area contributed by atoms with Crippen molar-refractivity contribution >= 4 is 43.0 Å². The summed E-state index contributed by atoms with van der Waals surface area (Å²) in [4.78, 5) is 1.91. The second-order valence-electron chi connectivity index (χ2n) is 5.79. The molecule has 0 saturated carbocycles. The first-order valence-electron chi connectivity index (χ1n) is 8.50. The van der Waals surface area contributed by atoms with Gasteiger partial charge in [-0.05, 0) is 61.1 Å². The van der Waals surface area contributed by atoms with Crippen molar-refractivity contribution < 1.29 is 4.55 Å². The Balaban J connectivity index is 2.62. The lowest BCUT2D eigenvalue weighted by Gasteiger charge is -2.19. The quantitative estimate of drug-likeness (QED) is 0.433. The fourth-order valence-electron chi connectivity index (χ4n) is 2.83. The van der Waals surface area contributed by atoms with E-state index in [0.29, 0.717) is 0 Å². The van der Waals surface area contributed by atoms with Crippen molar-refractivity contribution in [3.63, 3.8) is 0 Å². The van der Waals surface area contributed by atoms with Gasteiger partial charge in [0.1, 0.15) is 0 Å². The molecular weight excluding hydrogens is 448 g/mol. The molecule has 130 valence electrons. The van der Waals surface area contributed by atoms with Crippen LogP contribution in [-0.4, -0.2) is 4.55 Å². The van der Waals surface area contributed by atoms with Gasteiger partial charge in [0.05, 0.1) is 0 Å². The third kappa shape index (κ3) is 4.09. The Morgan fingerprint density at radius 2 is 1.00 bits per heavy atom. The molecule has 0 aliphatic heterocycles. The molecule has 1 nitrogen and oxygen atoms in total. The van der Waals surface area contributed by atoms with Crippen LogP contribution in [0.1, 0.15) is 49.9 Å². The molecule has 2 rings (SSSR count). The Kier molecular flexibility index (Phi) is 7.41. The number of hydrogen-bond acceptors (Lipinski definition) is 1. The third-order valence-electron chi connectivity index (χ3n) is 4.38. The van der Waals surface area contributed by atoms with Crippen LogP contribution in [0.2, 0.25) is 0 Å². The molecule has 0 N–H and O–H groups in total. The van der Waals surface area contributed by atoms with E-state index < -0.39 is 11.2 Å². The minimum absolute atomic E-state index is 0.877. The lowest BCUT2D eigenvalue weighted by atomic mass is 10.1. The molecule has 2 aromatic rings. The standard InChI is InChI=1S/C20H24Br2OS/c1-5-13-11-19(15(7-3)9-17(13)21)24(23)20-12-14(6-2)18(22)10-16(20)8-4/h9-12H,5-8H2,1-4H3. The molecule has 0 aliphatic rings. The molecule has 0 aliphatic carbocycles. The minimum Gasteiger partial charge on any atom is -0.606 e. The molecule has 0 spiro atoms. The maximum Gasteiger partial charge on any atom is 0.161 e. The van der Waals surface area contributed by atoms with Crippen molar-refractivity contribution in [1.29, 1.82) is 0 Å². The summed E-state index contributed by atoms with van der Waals surface area (Å²) in [6, 6.07) is 8.51. The second kappa shape index (κ2) is 8.88. The summed E-state index contributed by atoms with van der Waals surface area (Å²) in [6.07, 6.45) is 3.61. The zero-order valence-electron chi connectivity index (χ0n) is 14.7. The van der Waals surface area contributed by atoms with Gasteiger partial charge in [-0.3, -0.25) is 0 Å². The first-order valence-corrected chi connectivity index (χ1v) is 11.2. The molecule has 0 fully saturated rings. The average molecular weight is 472 g/mol.